The Hall–Kier alpha value is 0.0969. The molecule has 102 valence electrons. The smallest absolute Gasteiger partial charge is 0.200 e. The van der Waals surface area contributed by atoms with E-state index in [0.717, 1.165) is 0 Å². The number of ether oxygens (including phenoxy) is 1. The van der Waals surface area contributed by atoms with E-state index in [-0.39, 0.29) is 18.8 Å². The van der Waals surface area contributed by atoms with Gasteiger partial charge in [0.2, 0.25) is 0 Å². The highest BCUT2D eigenvalue weighted by Crippen LogP contribution is 2.42. The van der Waals surface area contributed by atoms with Crippen molar-refractivity contribution in [1.82, 2.24) is 0 Å². The fourth-order valence-electron chi connectivity index (χ4n) is 3.21. The molecule has 4 heteroatoms. The van der Waals surface area contributed by atoms with Gasteiger partial charge in [0.15, 0.2) is 8.32 Å². The summed E-state index contributed by atoms with van der Waals surface area (Å²) < 4.78 is 11.7. The first kappa shape index (κ1) is 15.2. The second kappa shape index (κ2) is 5.82. The zero-order valence-corrected chi connectivity index (χ0v) is 13.1. The molecule has 0 aromatic carbocycles. The van der Waals surface area contributed by atoms with Gasteiger partial charge in [0.1, 0.15) is 12.2 Å². The number of epoxide rings is 1. The topological polar surface area (TPSA) is 42.0 Å². The van der Waals surface area contributed by atoms with Gasteiger partial charge in [-0.15, -0.1) is 0 Å². The van der Waals surface area contributed by atoms with Crippen molar-refractivity contribution in [3.05, 3.63) is 0 Å². The van der Waals surface area contributed by atoms with Gasteiger partial charge in [-0.3, -0.25) is 0 Å². The van der Waals surface area contributed by atoms with Gasteiger partial charge in [-0.25, -0.2) is 0 Å². The molecular formula is C13H28O3Si. The van der Waals surface area contributed by atoms with Crippen LogP contribution in [0.2, 0.25) is 16.6 Å². The molecule has 0 radical (unpaired) electrons. The van der Waals surface area contributed by atoms with Crippen LogP contribution in [0.15, 0.2) is 0 Å². The number of aliphatic hydroxyl groups is 1. The van der Waals surface area contributed by atoms with Crippen LogP contribution in [0.4, 0.5) is 0 Å². The van der Waals surface area contributed by atoms with Crippen LogP contribution in [0, 0.1) is 0 Å². The van der Waals surface area contributed by atoms with Crippen LogP contribution in [0.3, 0.4) is 0 Å². The average Bonchev–Trinajstić information content (AvgIpc) is 2.95. The summed E-state index contributed by atoms with van der Waals surface area (Å²) in [6, 6.07) is 0. The number of aliphatic hydroxyl groups excluding tert-OH is 1. The minimum Gasteiger partial charge on any atom is -0.413 e. The maximum atomic E-state index is 8.96. The summed E-state index contributed by atoms with van der Waals surface area (Å²) in [4.78, 5) is 0. The minimum atomic E-state index is -1.75. The van der Waals surface area contributed by atoms with Gasteiger partial charge in [-0.05, 0) is 16.6 Å². The van der Waals surface area contributed by atoms with E-state index < -0.39 is 8.32 Å². The first-order valence-corrected chi connectivity index (χ1v) is 8.90. The molecule has 0 unspecified atom stereocenters. The molecule has 0 saturated carbocycles. The molecule has 2 atom stereocenters. The molecule has 1 aliphatic rings. The van der Waals surface area contributed by atoms with Crippen molar-refractivity contribution in [2.45, 2.75) is 70.4 Å². The highest BCUT2D eigenvalue weighted by Gasteiger charge is 2.47. The Morgan fingerprint density at radius 1 is 1.00 bits per heavy atom. The van der Waals surface area contributed by atoms with Crippen LogP contribution in [-0.2, 0) is 9.16 Å². The van der Waals surface area contributed by atoms with E-state index in [0.29, 0.717) is 23.2 Å². The van der Waals surface area contributed by atoms with Gasteiger partial charge in [0.25, 0.3) is 0 Å². The maximum absolute atomic E-state index is 8.96. The molecule has 3 nitrogen and oxygen atoms in total. The number of hydrogen-bond acceptors (Lipinski definition) is 3. The maximum Gasteiger partial charge on any atom is 0.200 e. The molecule has 0 bridgehead atoms. The van der Waals surface area contributed by atoms with Gasteiger partial charge in [0.05, 0.1) is 13.2 Å². The van der Waals surface area contributed by atoms with Crippen LogP contribution in [0.1, 0.15) is 41.5 Å². The Morgan fingerprint density at radius 2 is 1.47 bits per heavy atom. The van der Waals surface area contributed by atoms with Crippen molar-refractivity contribution in [3.63, 3.8) is 0 Å². The molecule has 0 aromatic rings. The largest absolute Gasteiger partial charge is 0.413 e. The molecule has 1 rings (SSSR count). The van der Waals surface area contributed by atoms with E-state index in [9.17, 15) is 0 Å². The van der Waals surface area contributed by atoms with Crippen LogP contribution < -0.4 is 0 Å². The number of hydrogen-bond donors (Lipinski definition) is 1. The van der Waals surface area contributed by atoms with Crippen LogP contribution in [0.5, 0.6) is 0 Å². The van der Waals surface area contributed by atoms with E-state index in [1.807, 2.05) is 0 Å². The van der Waals surface area contributed by atoms with E-state index in [1.165, 1.54) is 0 Å². The molecule has 0 amide bonds. The third-order valence-corrected chi connectivity index (χ3v) is 10.2. The second-order valence-corrected chi connectivity index (χ2v) is 11.5. The lowest BCUT2D eigenvalue weighted by Crippen LogP contribution is -2.48. The van der Waals surface area contributed by atoms with Crippen molar-refractivity contribution in [2.75, 3.05) is 13.2 Å². The minimum absolute atomic E-state index is 0.0215. The summed E-state index contributed by atoms with van der Waals surface area (Å²) in [5, 5.41) is 8.96. The van der Waals surface area contributed by atoms with Gasteiger partial charge in [-0.2, -0.15) is 0 Å². The molecule has 1 N–H and O–H groups in total. The SMILES string of the molecule is CC(C)[Si](OC[C@H]1O[C@@H]1CO)(C(C)C)C(C)C. The summed E-state index contributed by atoms with van der Waals surface area (Å²) in [7, 11) is -1.75. The van der Waals surface area contributed by atoms with Gasteiger partial charge >= 0.3 is 0 Å². The lowest BCUT2D eigenvalue weighted by Gasteiger charge is -2.42. The normalized spacial score (nSPS) is 25.1. The van der Waals surface area contributed by atoms with Gasteiger partial charge in [0, 0.05) is 0 Å². The molecule has 0 spiro atoms. The molecule has 1 saturated heterocycles. The first-order chi connectivity index (χ1) is 7.86. The number of rotatable bonds is 7. The Balaban J connectivity index is 2.63. The highest BCUT2D eigenvalue weighted by atomic mass is 28.4. The molecule has 0 aromatic heterocycles. The fourth-order valence-corrected chi connectivity index (χ4v) is 8.67. The van der Waals surface area contributed by atoms with E-state index in [2.05, 4.69) is 41.5 Å². The lowest BCUT2D eigenvalue weighted by molar-refractivity contribution is 0.224. The molecule has 1 heterocycles. The molecule has 1 fully saturated rings. The van der Waals surface area contributed by atoms with Crippen molar-refractivity contribution in [2.24, 2.45) is 0 Å². The average molecular weight is 260 g/mol. The summed E-state index contributed by atoms with van der Waals surface area (Å²) in [6.07, 6.45) is 0.149. The Bertz CT molecular complexity index is 219. The van der Waals surface area contributed by atoms with E-state index >= 15 is 0 Å². The Kier molecular flexibility index (Phi) is 5.19. The predicted octanol–water partition coefficient (Wildman–Crippen LogP) is 2.94. The van der Waals surface area contributed by atoms with Gasteiger partial charge < -0.3 is 14.3 Å². The zero-order valence-electron chi connectivity index (χ0n) is 12.1. The lowest BCUT2D eigenvalue weighted by atomic mass is 10.3. The quantitative estimate of drug-likeness (QED) is 0.565. The van der Waals surface area contributed by atoms with Crippen molar-refractivity contribution in [1.29, 1.82) is 0 Å². The molecular weight excluding hydrogens is 232 g/mol. The second-order valence-electron chi connectivity index (χ2n) is 6.02. The van der Waals surface area contributed by atoms with Crippen molar-refractivity contribution < 1.29 is 14.3 Å². The van der Waals surface area contributed by atoms with Crippen molar-refractivity contribution >= 4 is 8.32 Å². The third kappa shape index (κ3) is 3.11. The first-order valence-electron chi connectivity index (χ1n) is 6.76. The Morgan fingerprint density at radius 3 is 1.76 bits per heavy atom. The van der Waals surface area contributed by atoms with E-state index in [1.54, 1.807) is 0 Å². The molecule has 17 heavy (non-hydrogen) atoms. The predicted molar refractivity (Wildman–Crippen MR) is 72.7 cm³/mol. The fraction of sp³-hybridized carbons (Fsp3) is 1.00. The van der Waals surface area contributed by atoms with Crippen LogP contribution >= 0.6 is 0 Å². The summed E-state index contributed by atoms with van der Waals surface area (Å²) >= 11 is 0. The molecule has 1 aliphatic heterocycles. The van der Waals surface area contributed by atoms with Crippen molar-refractivity contribution in [3.8, 4) is 0 Å². The van der Waals surface area contributed by atoms with Crippen LogP contribution in [-0.4, -0.2) is 38.8 Å². The van der Waals surface area contributed by atoms with Gasteiger partial charge in [-0.1, -0.05) is 41.5 Å². The summed E-state index contributed by atoms with van der Waals surface area (Å²) in [5.74, 6) is 0. The summed E-state index contributed by atoms with van der Waals surface area (Å²) in [5.41, 5.74) is 1.82. The van der Waals surface area contributed by atoms with Crippen LogP contribution in [0.25, 0.3) is 0 Å². The highest BCUT2D eigenvalue weighted by molar-refractivity contribution is 6.77. The monoisotopic (exact) mass is 260 g/mol. The zero-order chi connectivity index (χ0) is 13.2. The third-order valence-electron chi connectivity index (χ3n) is 4.07. The standard InChI is InChI=1S/C13H28O3Si/c1-9(2)17(10(3)4,11(5)6)15-8-13-12(7-14)16-13/h9-14H,7-8H2,1-6H3/t12-,13-/m1/s1. The molecule has 0 aliphatic carbocycles. The summed E-state index contributed by atoms with van der Waals surface area (Å²) in [6.45, 7) is 14.5. The van der Waals surface area contributed by atoms with E-state index in [4.69, 9.17) is 14.3 Å². The Labute approximate surface area is 107 Å².